The molecule has 36 heavy (non-hydrogen) atoms. The molecule has 1 saturated heterocycles. The summed E-state index contributed by atoms with van der Waals surface area (Å²) in [4.78, 5) is 15.6. The quantitative estimate of drug-likeness (QED) is 0.235. The van der Waals surface area contributed by atoms with E-state index in [9.17, 15) is 9.90 Å². The van der Waals surface area contributed by atoms with Gasteiger partial charge in [-0.25, -0.2) is 4.79 Å². The van der Waals surface area contributed by atoms with Gasteiger partial charge in [-0.05, 0) is 74.2 Å². The number of benzene rings is 3. The standard InChI is InChI=1S/C30H30NO4.Y/c1-20-7-3-4-8-24(20)29-26(25-17-21(2)27(32)19-28(25)35-30(29)33)18-22-9-11-23(12-10-22)34-16-15-31-13-5-6-14-31;/h4,7-12,17,19,32H,5-6,13-16,18H2,1-2H3;/q-1;. The van der Waals surface area contributed by atoms with Gasteiger partial charge in [-0.2, -0.15) is 29.8 Å². The summed E-state index contributed by atoms with van der Waals surface area (Å²) in [5.74, 6) is 0.959. The number of hydrogen-bond donors (Lipinski definition) is 1. The van der Waals surface area contributed by atoms with E-state index in [1.807, 2.05) is 62.4 Å². The fourth-order valence-corrected chi connectivity index (χ4v) is 4.86. The van der Waals surface area contributed by atoms with E-state index in [1.165, 1.54) is 32.0 Å². The maximum absolute atomic E-state index is 13.2. The monoisotopic (exact) mass is 557 g/mol. The molecule has 1 aliphatic heterocycles. The topological polar surface area (TPSA) is 62.9 Å². The van der Waals surface area contributed by atoms with Crippen LogP contribution in [0.25, 0.3) is 22.1 Å². The van der Waals surface area contributed by atoms with Crippen LogP contribution in [-0.4, -0.2) is 36.2 Å². The average Bonchev–Trinajstić information content (AvgIpc) is 3.36. The number of hydrogen-bond acceptors (Lipinski definition) is 5. The van der Waals surface area contributed by atoms with Crippen molar-refractivity contribution >= 4 is 11.0 Å². The van der Waals surface area contributed by atoms with Crippen LogP contribution >= 0.6 is 0 Å². The summed E-state index contributed by atoms with van der Waals surface area (Å²) in [6.45, 7) is 7.79. The van der Waals surface area contributed by atoms with Crippen molar-refractivity contribution in [2.75, 3.05) is 26.2 Å². The molecule has 0 atom stereocenters. The first-order chi connectivity index (χ1) is 17.0. The van der Waals surface area contributed by atoms with Crippen molar-refractivity contribution in [1.29, 1.82) is 0 Å². The molecule has 183 valence electrons. The zero-order valence-corrected chi connectivity index (χ0v) is 23.7. The third-order valence-electron chi connectivity index (χ3n) is 6.85. The summed E-state index contributed by atoms with van der Waals surface area (Å²) in [6, 6.07) is 20.2. The molecule has 3 aromatic carbocycles. The van der Waals surface area contributed by atoms with Crippen LogP contribution < -0.4 is 10.4 Å². The molecule has 1 N–H and O–H groups in total. The molecular weight excluding hydrogens is 527 g/mol. The molecule has 5 rings (SSSR count). The first-order valence-corrected chi connectivity index (χ1v) is 12.2. The number of fused-ring (bicyclic) bond motifs is 1. The Kier molecular flexibility index (Phi) is 8.66. The van der Waals surface area contributed by atoms with Crippen molar-refractivity contribution in [1.82, 2.24) is 4.90 Å². The second-order valence-electron chi connectivity index (χ2n) is 9.34. The van der Waals surface area contributed by atoms with Crippen LogP contribution in [0.15, 0.2) is 63.8 Å². The van der Waals surface area contributed by atoms with Crippen LogP contribution in [0.4, 0.5) is 0 Å². The summed E-state index contributed by atoms with van der Waals surface area (Å²) in [5.41, 5.74) is 5.01. The van der Waals surface area contributed by atoms with Crippen molar-refractivity contribution < 1.29 is 47.0 Å². The molecule has 0 saturated carbocycles. The summed E-state index contributed by atoms with van der Waals surface area (Å²) >= 11 is 0. The van der Waals surface area contributed by atoms with Gasteiger partial charge in [-0.1, -0.05) is 19.1 Å². The van der Waals surface area contributed by atoms with Crippen LogP contribution in [-0.2, 0) is 39.1 Å². The molecule has 0 aliphatic carbocycles. The fourth-order valence-electron chi connectivity index (χ4n) is 4.86. The maximum atomic E-state index is 13.2. The number of aryl methyl sites for hydroxylation is 2. The number of likely N-dealkylation sites (tertiary alicyclic amines) is 1. The number of phenolic OH excluding ortho intramolecular Hbond substituents is 1. The molecule has 4 aromatic rings. The zero-order chi connectivity index (χ0) is 24.4. The van der Waals surface area contributed by atoms with Gasteiger partial charge in [0.1, 0.15) is 23.7 Å². The Morgan fingerprint density at radius 3 is 2.53 bits per heavy atom. The average molecular weight is 557 g/mol. The number of ether oxygens (including phenoxy) is 1. The van der Waals surface area contributed by atoms with E-state index in [1.54, 1.807) is 0 Å². The van der Waals surface area contributed by atoms with Crippen LogP contribution in [0.1, 0.15) is 35.1 Å². The van der Waals surface area contributed by atoms with Crippen molar-refractivity contribution in [2.24, 2.45) is 0 Å². The van der Waals surface area contributed by atoms with Gasteiger partial charge in [0.15, 0.2) is 0 Å². The van der Waals surface area contributed by atoms with Gasteiger partial charge in [0.05, 0.1) is 0 Å². The first kappa shape index (κ1) is 26.6. The molecule has 1 aliphatic rings. The number of rotatable bonds is 7. The normalized spacial score (nSPS) is 13.6. The second kappa shape index (κ2) is 11.7. The van der Waals surface area contributed by atoms with E-state index >= 15 is 0 Å². The third kappa shape index (κ3) is 5.75. The molecule has 6 heteroatoms. The Labute approximate surface area is 237 Å². The molecule has 0 spiro atoms. The first-order valence-electron chi connectivity index (χ1n) is 12.2. The van der Waals surface area contributed by atoms with Crippen LogP contribution in [0.5, 0.6) is 11.5 Å². The van der Waals surface area contributed by atoms with E-state index in [2.05, 4.69) is 11.0 Å². The van der Waals surface area contributed by atoms with Gasteiger partial charge >= 0.3 is 5.63 Å². The van der Waals surface area contributed by atoms with E-state index in [4.69, 9.17) is 9.15 Å². The van der Waals surface area contributed by atoms with E-state index in [0.717, 1.165) is 45.5 Å². The largest absolute Gasteiger partial charge is 0.508 e. The van der Waals surface area contributed by atoms with E-state index < -0.39 is 5.63 Å². The van der Waals surface area contributed by atoms with Gasteiger partial charge in [-0.3, -0.25) is 4.90 Å². The molecule has 1 radical (unpaired) electrons. The molecule has 0 amide bonds. The Morgan fingerprint density at radius 2 is 1.81 bits per heavy atom. The van der Waals surface area contributed by atoms with E-state index in [0.29, 0.717) is 24.2 Å². The Bertz CT molecular complexity index is 1410. The molecule has 1 fully saturated rings. The van der Waals surface area contributed by atoms with Crippen LogP contribution in [0.3, 0.4) is 0 Å². The Morgan fingerprint density at radius 1 is 1.06 bits per heavy atom. The molecular formula is C30H30NO4Y-. The molecule has 0 unspecified atom stereocenters. The Balaban J connectivity index is 0.00000304. The predicted molar refractivity (Wildman–Crippen MR) is 138 cm³/mol. The molecule has 2 heterocycles. The smallest absolute Gasteiger partial charge is 0.342 e. The van der Waals surface area contributed by atoms with Gasteiger partial charge in [0.25, 0.3) is 0 Å². The van der Waals surface area contributed by atoms with Crippen molar-refractivity contribution in [3.05, 3.63) is 93.3 Å². The summed E-state index contributed by atoms with van der Waals surface area (Å²) < 4.78 is 11.6. The zero-order valence-electron chi connectivity index (χ0n) is 20.8. The van der Waals surface area contributed by atoms with Gasteiger partial charge in [-0.15, -0.1) is 5.56 Å². The number of aromatic hydroxyl groups is 1. The SMILES string of the molecule is Cc1cc2c(Cc3ccc(OCCN4CCCC4)cc3)c(-c3cc[c-]cc3C)c(=O)oc2cc1O.[Y]. The van der Waals surface area contributed by atoms with Gasteiger partial charge < -0.3 is 14.3 Å². The van der Waals surface area contributed by atoms with Gasteiger partial charge in [0.2, 0.25) is 0 Å². The van der Waals surface area contributed by atoms with Crippen molar-refractivity contribution in [2.45, 2.75) is 33.1 Å². The minimum absolute atomic E-state index is 0. The predicted octanol–water partition coefficient (Wildman–Crippen LogP) is 5.65. The third-order valence-corrected chi connectivity index (χ3v) is 6.85. The van der Waals surface area contributed by atoms with Crippen LogP contribution in [0.2, 0.25) is 0 Å². The van der Waals surface area contributed by atoms with Crippen molar-refractivity contribution in [3.63, 3.8) is 0 Å². The molecule has 1 aromatic heterocycles. The second-order valence-corrected chi connectivity index (χ2v) is 9.34. The van der Waals surface area contributed by atoms with Crippen LogP contribution in [0, 0.1) is 19.9 Å². The number of phenols is 1. The molecule has 5 nitrogen and oxygen atoms in total. The summed E-state index contributed by atoms with van der Waals surface area (Å²) in [5, 5.41) is 11.0. The fraction of sp³-hybridized carbons (Fsp3) is 0.300. The maximum Gasteiger partial charge on any atom is 0.342 e. The summed E-state index contributed by atoms with van der Waals surface area (Å²) in [6.07, 6.45) is 3.11. The minimum Gasteiger partial charge on any atom is -0.508 e. The molecule has 0 bridgehead atoms. The summed E-state index contributed by atoms with van der Waals surface area (Å²) in [7, 11) is 0. The van der Waals surface area contributed by atoms with E-state index in [-0.39, 0.29) is 38.5 Å². The van der Waals surface area contributed by atoms with Gasteiger partial charge in [0, 0.05) is 56.3 Å². The minimum atomic E-state index is -0.410. The van der Waals surface area contributed by atoms with Crippen molar-refractivity contribution in [3.8, 4) is 22.6 Å². The Hall–Kier alpha value is -2.47. The number of nitrogens with zero attached hydrogens (tertiary/aromatic N) is 1.